The molecule has 0 aromatic heterocycles. The van der Waals surface area contributed by atoms with Gasteiger partial charge in [0.25, 0.3) is 11.7 Å². The summed E-state index contributed by atoms with van der Waals surface area (Å²) in [6, 6.07) is 13.1. The summed E-state index contributed by atoms with van der Waals surface area (Å²) in [5.74, 6) is -0.279. The van der Waals surface area contributed by atoms with Crippen LogP contribution in [0.4, 0.5) is 0 Å². The van der Waals surface area contributed by atoms with Gasteiger partial charge in [-0.3, -0.25) is 9.59 Å². The summed E-state index contributed by atoms with van der Waals surface area (Å²) in [6.45, 7) is 6.47. The fourth-order valence-corrected chi connectivity index (χ4v) is 3.42. The standard InChI is InChI=1S/C24H25NO5/c1-4-14-25-21(16-6-10-18(29-3)11-7-16)20(23(27)24(25)28)22(26)17-8-12-19(13-9-17)30-15-5-2/h4,6-13,21,26H,1,5,14-15H2,2-3H3/b22-20+. The summed E-state index contributed by atoms with van der Waals surface area (Å²) in [5.41, 5.74) is 1.18. The lowest BCUT2D eigenvalue weighted by atomic mass is 9.95. The Kier molecular flexibility index (Phi) is 6.57. The average Bonchev–Trinajstić information content (AvgIpc) is 3.03. The van der Waals surface area contributed by atoms with Gasteiger partial charge in [-0.2, -0.15) is 0 Å². The highest BCUT2D eigenvalue weighted by Crippen LogP contribution is 2.39. The van der Waals surface area contributed by atoms with Crippen LogP contribution in [0.5, 0.6) is 11.5 Å². The Morgan fingerprint density at radius 3 is 2.30 bits per heavy atom. The number of ether oxygens (including phenoxy) is 2. The molecule has 1 heterocycles. The minimum absolute atomic E-state index is 0.0502. The third-order valence-corrected chi connectivity index (χ3v) is 4.90. The van der Waals surface area contributed by atoms with Crippen molar-refractivity contribution in [2.45, 2.75) is 19.4 Å². The van der Waals surface area contributed by atoms with Crippen molar-refractivity contribution in [3.63, 3.8) is 0 Å². The van der Waals surface area contributed by atoms with Gasteiger partial charge in [0.15, 0.2) is 0 Å². The molecule has 0 spiro atoms. The van der Waals surface area contributed by atoms with E-state index in [2.05, 4.69) is 6.58 Å². The molecule has 1 atom stereocenters. The number of hydrogen-bond donors (Lipinski definition) is 1. The monoisotopic (exact) mass is 407 g/mol. The van der Waals surface area contributed by atoms with Gasteiger partial charge in [-0.25, -0.2) is 0 Å². The van der Waals surface area contributed by atoms with Crippen molar-refractivity contribution < 1.29 is 24.2 Å². The smallest absolute Gasteiger partial charge is 0.295 e. The maximum absolute atomic E-state index is 12.8. The predicted molar refractivity (Wildman–Crippen MR) is 114 cm³/mol. The summed E-state index contributed by atoms with van der Waals surface area (Å²) in [5, 5.41) is 11.0. The molecule has 1 unspecified atom stereocenters. The van der Waals surface area contributed by atoms with Crippen LogP contribution in [0.25, 0.3) is 5.76 Å². The quantitative estimate of drug-likeness (QED) is 0.309. The van der Waals surface area contributed by atoms with E-state index in [-0.39, 0.29) is 17.9 Å². The second kappa shape index (κ2) is 9.31. The van der Waals surface area contributed by atoms with E-state index >= 15 is 0 Å². The molecule has 0 saturated carbocycles. The lowest BCUT2D eigenvalue weighted by Crippen LogP contribution is -2.29. The first-order chi connectivity index (χ1) is 14.5. The lowest BCUT2D eigenvalue weighted by Gasteiger charge is -2.24. The Hall–Kier alpha value is -3.54. The number of carbonyl (C=O) groups is 2. The molecule has 2 aromatic rings. The number of Topliss-reactive ketones (excluding diaryl/α,β-unsaturated/α-hetero) is 1. The Morgan fingerprint density at radius 2 is 1.73 bits per heavy atom. The molecule has 156 valence electrons. The number of carbonyl (C=O) groups excluding carboxylic acids is 2. The van der Waals surface area contributed by atoms with Crippen LogP contribution in [0.2, 0.25) is 0 Å². The Balaban J connectivity index is 2.06. The molecule has 1 aliphatic rings. The number of aliphatic hydroxyl groups is 1. The average molecular weight is 407 g/mol. The van der Waals surface area contributed by atoms with Crippen molar-refractivity contribution in [2.75, 3.05) is 20.3 Å². The fraction of sp³-hybridized carbons (Fsp3) is 0.250. The molecule has 0 aliphatic carbocycles. The van der Waals surface area contributed by atoms with Crippen LogP contribution in [0, 0.1) is 0 Å². The van der Waals surface area contributed by atoms with Crippen LogP contribution in [-0.2, 0) is 9.59 Å². The number of amides is 1. The van der Waals surface area contributed by atoms with Gasteiger partial charge in [0, 0.05) is 12.1 Å². The van der Waals surface area contributed by atoms with E-state index in [1.54, 1.807) is 61.7 Å². The molecule has 1 fully saturated rings. The zero-order chi connectivity index (χ0) is 21.7. The molecule has 30 heavy (non-hydrogen) atoms. The van der Waals surface area contributed by atoms with Gasteiger partial charge in [0.1, 0.15) is 17.3 Å². The van der Waals surface area contributed by atoms with Gasteiger partial charge in [0.2, 0.25) is 0 Å². The summed E-state index contributed by atoms with van der Waals surface area (Å²) in [7, 11) is 1.56. The van der Waals surface area contributed by atoms with Crippen LogP contribution < -0.4 is 9.47 Å². The van der Waals surface area contributed by atoms with Crippen molar-refractivity contribution in [3.8, 4) is 11.5 Å². The molecule has 6 heteroatoms. The van der Waals surface area contributed by atoms with E-state index < -0.39 is 17.7 Å². The Labute approximate surface area is 176 Å². The normalized spacial score (nSPS) is 17.8. The molecule has 0 radical (unpaired) electrons. The molecule has 3 rings (SSSR count). The molecule has 1 saturated heterocycles. The lowest BCUT2D eigenvalue weighted by molar-refractivity contribution is -0.139. The van der Waals surface area contributed by atoms with Gasteiger partial charge >= 0.3 is 0 Å². The van der Waals surface area contributed by atoms with Crippen LogP contribution in [0.3, 0.4) is 0 Å². The third-order valence-electron chi connectivity index (χ3n) is 4.90. The summed E-state index contributed by atoms with van der Waals surface area (Å²) in [6.07, 6.45) is 2.44. The zero-order valence-corrected chi connectivity index (χ0v) is 17.1. The van der Waals surface area contributed by atoms with Crippen LogP contribution in [0.15, 0.2) is 66.8 Å². The summed E-state index contributed by atoms with van der Waals surface area (Å²) >= 11 is 0. The minimum Gasteiger partial charge on any atom is -0.507 e. The zero-order valence-electron chi connectivity index (χ0n) is 17.1. The number of methoxy groups -OCH3 is 1. The van der Waals surface area contributed by atoms with E-state index in [1.807, 2.05) is 6.92 Å². The highest BCUT2D eigenvalue weighted by Gasteiger charge is 2.45. The molecule has 2 aromatic carbocycles. The van der Waals surface area contributed by atoms with Gasteiger partial charge in [-0.1, -0.05) is 25.1 Å². The van der Waals surface area contributed by atoms with Crippen molar-refractivity contribution in [1.82, 2.24) is 4.90 Å². The number of nitrogens with zero attached hydrogens (tertiary/aromatic N) is 1. The highest BCUT2D eigenvalue weighted by molar-refractivity contribution is 6.46. The number of likely N-dealkylation sites (tertiary alicyclic amines) is 1. The van der Waals surface area contributed by atoms with Gasteiger partial charge in [0.05, 0.1) is 25.3 Å². The predicted octanol–water partition coefficient (Wildman–Crippen LogP) is 4.09. The summed E-state index contributed by atoms with van der Waals surface area (Å²) in [4.78, 5) is 26.9. The maximum atomic E-state index is 12.8. The molecule has 6 nitrogen and oxygen atoms in total. The van der Waals surface area contributed by atoms with E-state index in [4.69, 9.17) is 9.47 Å². The molecule has 1 N–H and O–H groups in total. The highest BCUT2D eigenvalue weighted by atomic mass is 16.5. The van der Waals surface area contributed by atoms with Gasteiger partial charge in [-0.05, 0) is 48.4 Å². The Bertz CT molecular complexity index is 960. The largest absolute Gasteiger partial charge is 0.507 e. The topological polar surface area (TPSA) is 76.1 Å². The first-order valence-corrected chi connectivity index (χ1v) is 9.78. The molecule has 0 bridgehead atoms. The molecule has 1 aliphatic heterocycles. The van der Waals surface area contributed by atoms with Gasteiger partial charge in [-0.15, -0.1) is 6.58 Å². The second-order valence-electron chi connectivity index (χ2n) is 6.89. The number of aliphatic hydroxyl groups excluding tert-OH is 1. The molecule has 1 amide bonds. The minimum atomic E-state index is -0.721. The summed E-state index contributed by atoms with van der Waals surface area (Å²) < 4.78 is 10.8. The first kappa shape index (κ1) is 21.2. The number of benzene rings is 2. The van der Waals surface area contributed by atoms with E-state index in [1.165, 1.54) is 4.90 Å². The van der Waals surface area contributed by atoms with Crippen LogP contribution in [-0.4, -0.2) is 42.0 Å². The second-order valence-corrected chi connectivity index (χ2v) is 6.89. The number of ketones is 1. The SMILES string of the molecule is C=CCN1C(=O)C(=O)/C(=C(/O)c2ccc(OCCC)cc2)C1c1ccc(OC)cc1. The van der Waals surface area contributed by atoms with Crippen molar-refractivity contribution in [1.29, 1.82) is 0 Å². The van der Waals surface area contributed by atoms with Gasteiger partial charge < -0.3 is 19.5 Å². The van der Waals surface area contributed by atoms with Crippen molar-refractivity contribution in [2.24, 2.45) is 0 Å². The van der Waals surface area contributed by atoms with E-state index in [0.717, 1.165) is 6.42 Å². The first-order valence-electron chi connectivity index (χ1n) is 9.78. The molecular formula is C24H25NO5. The fourth-order valence-electron chi connectivity index (χ4n) is 3.42. The van der Waals surface area contributed by atoms with E-state index in [9.17, 15) is 14.7 Å². The molecular weight excluding hydrogens is 382 g/mol. The maximum Gasteiger partial charge on any atom is 0.295 e. The van der Waals surface area contributed by atoms with Crippen LogP contribution in [0.1, 0.15) is 30.5 Å². The number of rotatable bonds is 8. The van der Waals surface area contributed by atoms with Crippen molar-refractivity contribution in [3.05, 3.63) is 77.9 Å². The van der Waals surface area contributed by atoms with E-state index in [0.29, 0.717) is 29.2 Å². The van der Waals surface area contributed by atoms with Crippen LogP contribution >= 0.6 is 0 Å². The third kappa shape index (κ3) is 4.08. The Morgan fingerprint density at radius 1 is 1.10 bits per heavy atom. The number of hydrogen-bond acceptors (Lipinski definition) is 5. The van der Waals surface area contributed by atoms with Crippen molar-refractivity contribution >= 4 is 17.4 Å².